The van der Waals surface area contributed by atoms with E-state index in [9.17, 15) is 9.59 Å². The van der Waals surface area contributed by atoms with Crippen molar-refractivity contribution in [3.05, 3.63) is 84.2 Å². The van der Waals surface area contributed by atoms with Crippen molar-refractivity contribution in [2.24, 2.45) is 17.3 Å². The van der Waals surface area contributed by atoms with E-state index in [2.05, 4.69) is 74.4 Å². The molecule has 0 radical (unpaired) electrons. The van der Waals surface area contributed by atoms with Crippen molar-refractivity contribution in [3.63, 3.8) is 0 Å². The molecule has 3 aromatic rings. The lowest BCUT2D eigenvalue weighted by Crippen LogP contribution is -2.46. The molecule has 7 nitrogen and oxygen atoms in total. The van der Waals surface area contributed by atoms with Gasteiger partial charge in [-0.25, -0.2) is 4.68 Å². The minimum Gasteiger partial charge on any atom is -0.342 e. The van der Waals surface area contributed by atoms with Crippen LogP contribution in [-0.4, -0.2) is 75.6 Å². The molecule has 1 spiro atoms. The Bertz CT molecular complexity index is 1350. The van der Waals surface area contributed by atoms with E-state index in [4.69, 9.17) is 0 Å². The summed E-state index contributed by atoms with van der Waals surface area (Å²) in [7, 11) is 0. The maximum Gasteiger partial charge on any atom is 0.229 e. The van der Waals surface area contributed by atoms with Crippen LogP contribution in [0.5, 0.6) is 0 Å². The number of carbonyl (C=O) groups is 2. The maximum atomic E-state index is 13.7. The second-order valence-electron chi connectivity index (χ2n) is 12.9. The summed E-state index contributed by atoms with van der Waals surface area (Å²) in [4.78, 5) is 33.5. The zero-order valence-corrected chi connectivity index (χ0v) is 25.1. The first-order chi connectivity index (χ1) is 20.1. The van der Waals surface area contributed by atoms with E-state index in [0.29, 0.717) is 36.1 Å². The SMILES string of the molecule is Cl.O=C(CC1CC1)N1CC(CN2CCC3(CC2)CCN(Cc2ccc(-n4cccn4)cc2)C3=O)C(c2ccccc2)C1. The molecule has 8 heteroatoms. The predicted molar refractivity (Wildman–Crippen MR) is 166 cm³/mol. The maximum absolute atomic E-state index is 13.7. The van der Waals surface area contributed by atoms with Gasteiger partial charge in [0.25, 0.3) is 0 Å². The molecule has 1 saturated carbocycles. The van der Waals surface area contributed by atoms with Gasteiger partial charge in [-0.2, -0.15) is 5.10 Å². The van der Waals surface area contributed by atoms with Crippen molar-refractivity contribution in [2.75, 3.05) is 39.3 Å². The Labute approximate surface area is 255 Å². The molecule has 2 unspecified atom stereocenters. The van der Waals surface area contributed by atoms with Crippen LogP contribution >= 0.6 is 12.4 Å². The summed E-state index contributed by atoms with van der Waals surface area (Å²) in [6.45, 7) is 6.15. The van der Waals surface area contributed by atoms with Crippen LogP contribution in [0.1, 0.15) is 55.6 Å². The topological polar surface area (TPSA) is 61.7 Å². The molecule has 4 fully saturated rings. The predicted octanol–water partition coefficient (Wildman–Crippen LogP) is 5.15. The highest BCUT2D eigenvalue weighted by atomic mass is 35.5. The largest absolute Gasteiger partial charge is 0.342 e. The third-order valence-corrected chi connectivity index (χ3v) is 10.2. The molecule has 3 aliphatic heterocycles. The quantitative estimate of drug-likeness (QED) is 0.366. The van der Waals surface area contributed by atoms with Gasteiger partial charge in [0.15, 0.2) is 0 Å². The van der Waals surface area contributed by atoms with Gasteiger partial charge in [0.2, 0.25) is 11.8 Å². The Morgan fingerprint density at radius 1 is 0.905 bits per heavy atom. The Morgan fingerprint density at radius 2 is 1.64 bits per heavy atom. The molecule has 0 bridgehead atoms. The highest BCUT2D eigenvalue weighted by Crippen LogP contribution is 2.43. The Hall–Kier alpha value is -3.16. The molecular weight excluding hydrogens is 546 g/mol. The fourth-order valence-electron chi connectivity index (χ4n) is 7.43. The van der Waals surface area contributed by atoms with E-state index in [1.54, 1.807) is 6.20 Å². The van der Waals surface area contributed by atoms with Gasteiger partial charge in [0.05, 0.1) is 11.1 Å². The molecule has 0 N–H and O–H groups in total. The Morgan fingerprint density at radius 3 is 2.33 bits per heavy atom. The normalized spacial score (nSPS) is 23.9. The lowest BCUT2D eigenvalue weighted by Gasteiger charge is -2.39. The van der Waals surface area contributed by atoms with Crippen molar-refractivity contribution in [1.29, 1.82) is 0 Å². The molecule has 2 amide bonds. The zero-order valence-electron chi connectivity index (χ0n) is 24.3. The van der Waals surface area contributed by atoms with Crippen LogP contribution in [0.4, 0.5) is 0 Å². The van der Waals surface area contributed by atoms with E-state index in [1.165, 1.54) is 18.4 Å². The molecule has 2 atom stereocenters. The molecule has 1 aliphatic carbocycles. The fourth-order valence-corrected chi connectivity index (χ4v) is 7.43. The van der Waals surface area contributed by atoms with Crippen molar-refractivity contribution in [1.82, 2.24) is 24.5 Å². The first-order valence-corrected chi connectivity index (χ1v) is 15.5. The van der Waals surface area contributed by atoms with Gasteiger partial charge < -0.3 is 14.7 Å². The monoisotopic (exact) mass is 587 g/mol. The number of hydrogen-bond acceptors (Lipinski definition) is 4. The smallest absolute Gasteiger partial charge is 0.229 e. The molecule has 42 heavy (non-hydrogen) atoms. The van der Waals surface area contributed by atoms with Gasteiger partial charge in [0.1, 0.15) is 0 Å². The Kier molecular flexibility index (Phi) is 8.42. The fraction of sp³-hybridized carbons (Fsp3) is 0.500. The molecular formula is C34H42ClN5O2. The summed E-state index contributed by atoms with van der Waals surface area (Å²) in [6, 6.07) is 21.1. The Balaban J connectivity index is 0.00000316. The highest BCUT2D eigenvalue weighted by molar-refractivity contribution is 5.85. The number of hydrogen-bond donors (Lipinski definition) is 0. The molecule has 7 rings (SSSR count). The number of nitrogens with zero attached hydrogens (tertiary/aromatic N) is 5. The number of amides is 2. The minimum absolute atomic E-state index is 0. The van der Waals surface area contributed by atoms with E-state index in [0.717, 1.165) is 76.2 Å². The van der Waals surface area contributed by atoms with Gasteiger partial charge >= 0.3 is 0 Å². The first-order valence-electron chi connectivity index (χ1n) is 15.5. The van der Waals surface area contributed by atoms with Crippen molar-refractivity contribution >= 4 is 24.2 Å². The molecule has 4 heterocycles. The van der Waals surface area contributed by atoms with Crippen LogP contribution < -0.4 is 0 Å². The van der Waals surface area contributed by atoms with Crippen molar-refractivity contribution in [2.45, 2.75) is 51.0 Å². The summed E-state index contributed by atoms with van der Waals surface area (Å²) >= 11 is 0. The number of likely N-dealkylation sites (tertiary alicyclic amines) is 3. The molecule has 3 saturated heterocycles. The summed E-state index contributed by atoms with van der Waals surface area (Å²) < 4.78 is 1.85. The lowest BCUT2D eigenvalue weighted by molar-refractivity contribution is -0.139. The highest BCUT2D eigenvalue weighted by Gasteiger charge is 2.48. The summed E-state index contributed by atoms with van der Waals surface area (Å²) in [6.07, 6.45) is 9.72. The zero-order chi connectivity index (χ0) is 27.8. The van der Waals surface area contributed by atoms with Crippen LogP contribution in [0.3, 0.4) is 0 Å². The van der Waals surface area contributed by atoms with Gasteiger partial charge in [-0.15, -0.1) is 12.4 Å². The number of piperidine rings is 1. The van der Waals surface area contributed by atoms with E-state index >= 15 is 0 Å². The van der Waals surface area contributed by atoms with Crippen LogP contribution in [0.15, 0.2) is 73.1 Å². The molecule has 2 aromatic carbocycles. The molecule has 4 aliphatic rings. The number of halogens is 1. The van der Waals surface area contributed by atoms with E-state index in [-0.39, 0.29) is 17.8 Å². The number of rotatable bonds is 8. The molecule has 222 valence electrons. The van der Waals surface area contributed by atoms with Gasteiger partial charge in [-0.05, 0) is 86.4 Å². The number of benzene rings is 2. The second-order valence-corrected chi connectivity index (χ2v) is 12.9. The summed E-state index contributed by atoms with van der Waals surface area (Å²) in [5, 5.41) is 4.30. The van der Waals surface area contributed by atoms with Crippen LogP contribution in [0.25, 0.3) is 5.69 Å². The third-order valence-electron chi connectivity index (χ3n) is 10.2. The summed E-state index contributed by atoms with van der Waals surface area (Å²) in [5.74, 6) is 2.14. The average molecular weight is 588 g/mol. The van der Waals surface area contributed by atoms with Crippen molar-refractivity contribution in [3.8, 4) is 5.69 Å². The van der Waals surface area contributed by atoms with E-state index in [1.807, 2.05) is 16.9 Å². The van der Waals surface area contributed by atoms with Gasteiger partial charge in [-0.1, -0.05) is 42.5 Å². The van der Waals surface area contributed by atoms with Crippen molar-refractivity contribution < 1.29 is 9.59 Å². The van der Waals surface area contributed by atoms with Crippen LogP contribution in [0, 0.1) is 17.3 Å². The molecule has 1 aromatic heterocycles. The lowest BCUT2D eigenvalue weighted by atomic mass is 9.76. The standard InChI is InChI=1S/C34H41N5O2.ClH/c40-32(21-26-7-8-26)38-24-29(31(25-38)28-5-2-1-3-6-28)23-36-18-13-34(14-19-36)15-20-37(33(34)41)22-27-9-11-30(12-10-27)39-17-4-16-35-39;/h1-6,9-12,16-17,26,29,31H,7-8,13-15,18-25H2;1H. The van der Waals surface area contributed by atoms with Gasteiger partial charge in [0, 0.05) is 57.5 Å². The van der Waals surface area contributed by atoms with E-state index < -0.39 is 0 Å². The van der Waals surface area contributed by atoms with Gasteiger partial charge in [-0.3, -0.25) is 9.59 Å². The van der Waals surface area contributed by atoms with Crippen LogP contribution in [0.2, 0.25) is 0 Å². The second kappa shape index (κ2) is 12.2. The summed E-state index contributed by atoms with van der Waals surface area (Å²) in [5.41, 5.74) is 3.35. The van der Waals surface area contributed by atoms with Crippen LogP contribution in [-0.2, 0) is 16.1 Å². The number of carbonyl (C=O) groups excluding carboxylic acids is 2. The minimum atomic E-state index is -0.202. The number of aromatic nitrogens is 2. The first kappa shape index (κ1) is 28.9. The third kappa shape index (κ3) is 6.00. The average Bonchev–Trinajstić information content (AvgIpc) is 3.36.